The van der Waals surface area contributed by atoms with Crippen molar-refractivity contribution in [1.82, 2.24) is 20.4 Å². The molecule has 9 nitrogen and oxygen atoms in total. The Balaban J connectivity index is 1.65. The van der Waals surface area contributed by atoms with Crippen molar-refractivity contribution >= 4 is 5.91 Å². The lowest BCUT2D eigenvalue weighted by atomic mass is 10.0. The fourth-order valence-electron chi connectivity index (χ4n) is 2.68. The summed E-state index contributed by atoms with van der Waals surface area (Å²) in [5.74, 6) is 2.06. The number of likely N-dealkylation sites (N-methyl/N-ethyl adjacent to an activating group) is 1. The molecule has 3 rings (SSSR count). The highest BCUT2D eigenvalue weighted by atomic mass is 16.7. The van der Waals surface area contributed by atoms with Crippen molar-refractivity contribution in [1.29, 1.82) is 0 Å². The summed E-state index contributed by atoms with van der Waals surface area (Å²) in [5, 5.41) is 6.71. The molecule has 1 amide bonds. The number of aromatic nitrogens is 2. The molecule has 1 atom stereocenters. The first-order chi connectivity index (χ1) is 12.6. The summed E-state index contributed by atoms with van der Waals surface area (Å²) in [7, 11) is 5.28. The molecule has 2 aromatic rings. The van der Waals surface area contributed by atoms with E-state index in [1.54, 1.807) is 7.11 Å². The maximum atomic E-state index is 12.7. The lowest BCUT2D eigenvalue weighted by molar-refractivity contribution is -0.126. The van der Waals surface area contributed by atoms with Gasteiger partial charge in [0.15, 0.2) is 17.3 Å². The summed E-state index contributed by atoms with van der Waals surface area (Å²) >= 11 is 0. The SMILES string of the molecule is COCCc1nc(CNC(=O)[C@H](c2ccc3c(c2)OCO3)N(C)C)no1. The standard InChI is InChI=1S/C17H22N4O5/c1-21(2)16(11-4-5-12-13(8-11)25-10-24-12)17(22)18-9-14-19-15(26-20-14)6-7-23-3/h4-5,8,16H,6-7,9-10H2,1-3H3,(H,18,22)/t16-/m0/s1. The molecule has 0 unspecified atom stereocenters. The van der Waals surface area contributed by atoms with Crippen molar-refractivity contribution in [3.05, 3.63) is 35.5 Å². The normalized spacial score (nSPS) is 13.8. The molecular weight excluding hydrogens is 340 g/mol. The van der Waals surface area contributed by atoms with E-state index in [0.717, 1.165) is 5.56 Å². The Morgan fingerprint density at radius 1 is 1.35 bits per heavy atom. The predicted molar refractivity (Wildman–Crippen MR) is 90.7 cm³/mol. The molecule has 0 radical (unpaired) electrons. The number of nitrogens with zero attached hydrogens (tertiary/aromatic N) is 3. The summed E-state index contributed by atoms with van der Waals surface area (Å²) in [6.45, 7) is 0.881. The quantitative estimate of drug-likeness (QED) is 0.740. The van der Waals surface area contributed by atoms with Crippen LogP contribution in [-0.4, -0.2) is 55.6 Å². The van der Waals surface area contributed by atoms with Crippen molar-refractivity contribution in [3.8, 4) is 11.5 Å². The Morgan fingerprint density at radius 2 is 2.15 bits per heavy atom. The Labute approximate surface area is 151 Å². The minimum absolute atomic E-state index is 0.169. The maximum absolute atomic E-state index is 12.7. The summed E-state index contributed by atoms with van der Waals surface area (Å²) < 4.78 is 20.8. The van der Waals surface area contributed by atoms with E-state index in [1.807, 2.05) is 37.2 Å². The summed E-state index contributed by atoms with van der Waals surface area (Å²) in [4.78, 5) is 18.8. The van der Waals surface area contributed by atoms with Crippen LogP contribution in [0.5, 0.6) is 11.5 Å². The lowest BCUT2D eigenvalue weighted by Crippen LogP contribution is -2.36. The monoisotopic (exact) mass is 362 g/mol. The third-order valence-electron chi connectivity index (χ3n) is 3.93. The van der Waals surface area contributed by atoms with E-state index in [-0.39, 0.29) is 19.2 Å². The molecule has 0 bridgehead atoms. The van der Waals surface area contributed by atoms with Gasteiger partial charge in [-0.1, -0.05) is 11.2 Å². The molecule has 0 fully saturated rings. The second kappa shape index (κ2) is 8.15. The van der Waals surface area contributed by atoms with E-state index >= 15 is 0 Å². The molecule has 1 N–H and O–H groups in total. The Bertz CT molecular complexity index is 761. The van der Waals surface area contributed by atoms with Gasteiger partial charge in [-0.2, -0.15) is 4.98 Å². The van der Waals surface area contributed by atoms with Gasteiger partial charge in [0, 0.05) is 7.11 Å². The smallest absolute Gasteiger partial charge is 0.242 e. The van der Waals surface area contributed by atoms with Crippen LogP contribution < -0.4 is 14.8 Å². The zero-order valence-corrected chi connectivity index (χ0v) is 15.0. The van der Waals surface area contributed by atoms with Gasteiger partial charge in [0.2, 0.25) is 18.6 Å². The van der Waals surface area contributed by atoms with Crippen LogP contribution in [0, 0.1) is 0 Å². The fourth-order valence-corrected chi connectivity index (χ4v) is 2.68. The minimum Gasteiger partial charge on any atom is -0.454 e. The zero-order chi connectivity index (χ0) is 18.5. The molecule has 1 aromatic carbocycles. The molecule has 1 aliphatic heterocycles. The number of fused-ring (bicyclic) bond motifs is 1. The topological polar surface area (TPSA) is 99.0 Å². The van der Waals surface area contributed by atoms with E-state index < -0.39 is 6.04 Å². The number of methoxy groups -OCH3 is 1. The van der Waals surface area contributed by atoms with Crippen LogP contribution in [-0.2, 0) is 22.5 Å². The van der Waals surface area contributed by atoms with Crippen LogP contribution in [0.3, 0.4) is 0 Å². The van der Waals surface area contributed by atoms with Gasteiger partial charge >= 0.3 is 0 Å². The summed E-state index contributed by atoms with van der Waals surface area (Å²) in [6, 6.07) is 5.01. The molecule has 1 aromatic heterocycles. The van der Waals surface area contributed by atoms with Crippen LogP contribution >= 0.6 is 0 Å². The van der Waals surface area contributed by atoms with Gasteiger partial charge in [0.05, 0.1) is 19.6 Å². The van der Waals surface area contributed by atoms with E-state index in [4.69, 9.17) is 18.7 Å². The highest BCUT2D eigenvalue weighted by Gasteiger charge is 2.25. The van der Waals surface area contributed by atoms with Gasteiger partial charge in [-0.05, 0) is 31.8 Å². The lowest BCUT2D eigenvalue weighted by Gasteiger charge is -2.23. The number of carbonyl (C=O) groups is 1. The van der Waals surface area contributed by atoms with Crippen molar-refractivity contribution < 1.29 is 23.5 Å². The molecule has 9 heteroatoms. The first-order valence-electron chi connectivity index (χ1n) is 8.22. The van der Waals surface area contributed by atoms with Crippen LogP contribution in [0.2, 0.25) is 0 Å². The van der Waals surface area contributed by atoms with Crippen LogP contribution in [0.15, 0.2) is 22.7 Å². The zero-order valence-electron chi connectivity index (χ0n) is 15.0. The first kappa shape index (κ1) is 18.2. The van der Waals surface area contributed by atoms with Crippen molar-refractivity contribution in [2.75, 3.05) is 34.6 Å². The highest BCUT2D eigenvalue weighted by molar-refractivity contribution is 5.83. The average Bonchev–Trinajstić information content (AvgIpc) is 3.26. The van der Waals surface area contributed by atoms with E-state index in [0.29, 0.717) is 36.2 Å². The largest absolute Gasteiger partial charge is 0.454 e. The second-order valence-corrected chi connectivity index (χ2v) is 6.04. The van der Waals surface area contributed by atoms with Crippen LogP contribution in [0.1, 0.15) is 23.3 Å². The number of nitrogens with one attached hydrogen (secondary N) is 1. The average molecular weight is 362 g/mol. The fraction of sp³-hybridized carbons (Fsp3) is 0.471. The van der Waals surface area contributed by atoms with E-state index in [1.165, 1.54) is 0 Å². The van der Waals surface area contributed by atoms with Gasteiger partial charge in [0.25, 0.3) is 0 Å². The molecule has 2 heterocycles. The number of amides is 1. The van der Waals surface area contributed by atoms with Gasteiger partial charge in [-0.15, -0.1) is 0 Å². The Morgan fingerprint density at radius 3 is 2.92 bits per heavy atom. The van der Waals surface area contributed by atoms with Gasteiger partial charge in [-0.3, -0.25) is 9.69 Å². The second-order valence-electron chi connectivity index (χ2n) is 6.04. The first-order valence-corrected chi connectivity index (χ1v) is 8.22. The maximum Gasteiger partial charge on any atom is 0.242 e. The molecule has 0 aliphatic carbocycles. The predicted octanol–water partition coefficient (Wildman–Crippen LogP) is 0.906. The number of carbonyl (C=O) groups excluding carboxylic acids is 1. The minimum atomic E-state index is -0.482. The number of hydrogen-bond donors (Lipinski definition) is 1. The highest BCUT2D eigenvalue weighted by Crippen LogP contribution is 2.35. The molecule has 140 valence electrons. The van der Waals surface area contributed by atoms with Crippen molar-refractivity contribution in [2.24, 2.45) is 0 Å². The molecule has 26 heavy (non-hydrogen) atoms. The van der Waals surface area contributed by atoms with Crippen molar-refractivity contribution in [3.63, 3.8) is 0 Å². The van der Waals surface area contributed by atoms with Gasteiger partial charge in [-0.25, -0.2) is 0 Å². The van der Waals surface area contributed by atoms with Crippen molar-refractivity contribution in [2.45, 2.75) is 19.0 Å². The summed E-state index contributed by atoms with van der Waals surface area (Å²) in [6.07, 6.45) is 0.537. The number of rotatable bonds is 8. The number of ether oxygens (including phenoxy) is 3. The number of benzene rings is 1. The third kappa shape index (κ3) is 4.12. The third-order valence-corrected chi connectivity index (χ3v) is 3.93. The van der Waals surface area contributed by atoms with E-state index in [9.17, 15) is 4.79 Å². The molecular formula is C17H22N4O5. The van der Waals surface area contributed by atoms with Crippen LogP contribution in [0.25, 0.3) is 0 Å². The summed E-state index contributed by atoms with van der Waals surface area (Å²) in [5.41, 5.74) is 0.811. The number of hydrogen-bond acceptors (Lipinski definition) is 8. The molecule has 0 spiro atoms. The Hall–Kier alpha value is -2.65. The Kier molecular flexibility index (Phi) is 5.69. The van der Waals surface area contributed by atoms with Crippen LogP contribution in [0.4, 0.5) is 0 Å². The van der Waals surface area contributed by atoms with Gasteiger partial charge < -0.3 is 24.1 Å². The van der Waals surface area contributed by atoms with Gasteiger partial charge in [0.1, 0.15) is 6.04 Å². The molecule has 0 saturated carbocycles. The van der Waals surface area contributed by atoms with E-state index in [2.05, 4.69) is 15.5 Å². The molecule has 1 aliphatic rings. The molecule has 0 saturated heterocycles.